The van der Waals surface area contributed by atoms with E-state index in [0.29, 0.717) is 18.1 Å². The Kier molecular flexibility index (Phi) is 2.53. The van der Waals surface area contributed by atoms with E-state index >= 15 is 0 Å². The summed E-state index contributed by atoms with van der Waals surface area (Å²) in [6, 6.07) is 0. The Labute approximate surface area is 111 Å². The Hall–Kier alpha value is -0.780. The van der Waals surface area contributed by atoms with Gasteiger partial charge in [0.2, 0.25) is 0 Å². The van der Waals surface area contributed by atoms with Crippen molar-refractivity contribution in [1.29, 1.82) is 0 Å². The molecule has 2 N–H and O–H groups in total. The predicted molar refractivity (Wildman–Crippen MR) is 70.1 cm³/mol. The third-order valence-electron chi connectivity index (χ3n) is 4.43. The number of aromatic amines is 1. The summed E-state index contributed by atoms with van der Waals surface area (Å²) in [5.41, 5.74) is 2.47. The fourth-order valence-corrected chi connectivity index (χ4v) is 3.78. The maximum atomic E-state index is 5.92. The first-order chi connectivity index (χ1) is 8.81. The molecule has 0 aliphatic carbocycles. The minimum absolute atomic E-state index is 0.368. The molecule has 5 heteroatoms. The quantitative estimate of drug-likeness (QED) is 0.759. The summed E-state index contributed by atoms with van der Waals surface area (Å²) in [6.07, 6.45) is 5.36. The van der Waals surface area contributed by atoms with Gasteiger partial charge in [0.05, 0.1) is 12.2 Å². The molecule has 1 aromatic heterocycles. The summed E-state index contributed by atoms with van der Waals surface area (Å²) < 4.78 is 6.69. The van der Waals surface area contributed by atoms with Crippen molar-refractivity contribution in [3.05, 3.63) is 21.7 Å². The van der Waals surface area contributed by atoms with Crippen LogP contribution < -0.4 is 5.32 Å². The van der Waals surface area contributed by atoms with Gasteiger partial charge in [0.1, 0.15) is 10.5 Å². The Morgan fingerprint density at radius 2 is 2.28 bits per heavy atom. The first kappa shape index (κ1) is 11.1. The van der Waals surface area contributed by atoms with Crippen molar-refractivity contribution in [2.24, 2.45) is 0 Å². The standard InChI is InChI=1S/C13H17N3OS/c18-13-9-6-14-4-3-10(9)15-12(16-13)8-5-7-1-2-11(8)17-7/h7-8,11,14H,1-6H2,(H,15,16,18). The highest BCUT2D eigenvalue weighted by atomic mass is 32.1. The minimum atomic E-state index is 0.368. The normalized spacial score (nSPS) is 33.7. The van der Waals surface area contributed by atoms with Gasteiger partial charge < -0.3 is 15.0 Å². The molecule has 3 aliphatic heterocycles. The van der Waals surface area contributed by atoms with Crippen LogP contribution in [0.4, 0.5) is 0 Å². The molecule has 0 saturated carbocycles. The third-order valence-corrected chi connectivity index (χ3v) is 4.77. The molecule has 0 spiro atoms. The van der Waals surface area contributed by atoms with Crippen molar-refractivity contribution in [2.75, 3.05) is 6.54 Å². The van der Waals surface area contributed by atoms with Crippen molar-refractivity contribution in [2.45, 2.75) is 50.4 Å². The lowest BCUT2D eigenvalue weighted by molar-refractivity contribution is 0.0998. The molecule has 2 saturated heterocycles. The zero-order valence-corrected chi connectivity index (χ0v) is 11.1. The van der Waals surface area contributed by atoms with Crippen LogP contribution in [0.5, 0.6) is 0 Å². The van der Waals surface area contributed by atoms with E-state index < -0.39 is 0 Å². The van der Waals surface area contributed by atoms with Gasteiger partial charge in [-0.2, -0.15) is 0 Å². The largest absolute Gasteiger partial charge is 0.374 e. The second kappa shape index (κ2) is 4.11. The van der Waals surface area contributed by atoms with Crippen LogP contribution in [0.15, 0.2) is 0 Å². The number of fused-ring (bicyclic) bond motifs is 3. The number of nitrogens with one attached hydrogen (secondary N) is 2. The molecule has 18 heavy (non-hydrogen) atoms. The molecule has 0 radical (unpaired) electrons. The van der Waals surface area contributed by atoms with Gasteiger partial charge in [0.15, 0.2) is 0 Å². The van der Waals surface area contributed by atoms with Crippen molar-refractivity contribution in [3.63, 3.8) is 0 Å². The molecule has 0 aromatic carbocycles. The molecule has 4 nitrogen and oxygen atoms in total. The van der Waals surface area contributed by atoms with Crippen molar-refractivity contribution >= 4 is 12.2 Å². The number of hydrogen-bond donors (Lipinski definition) is 2. The molecule has 1 aromatic rings. The van der Waals surface area contributed by atoms with Gasteiger partial charge in [0, 0.05) is 36.7 Å². The second-order valence-electron chi connectivity index (χ2n) is 5.53. The maximum Gasteiger partial charge on any atom is 0.134 e. The fraction of sp³-hybridized carbons (Fsp3) is 0.692. The number of aromatic nitrogens is 2. The SMILES string of the molecule is S=c1nc(C2CC3CCC2O3)[nH]c2c1CNCC2. The van der Waals surface area contributed by atoms with Crippen LogP contribution in [0.25, 0.3) is 0 Å². The number of rotatable bonds is 1. The highest BCUT2D eigenvalue weighted by molar-refractivity contribution is 7.71. The van der Waals surface area contributed by atoms with Gasteiger partial charge in [-0.25, -0.2) is 4.98 Å². The maximum absolute atomic E-state index is 5.92. The van der Waals surface area contributed by atoms with Gasteiger partial charge in [0.25, 0.3) is 0 Å². The van der Waals surface area contributed by atoms with Crippen molar-refractivity contribution in [3.8, 4) is 0 Å². The fourth-order valence-electron chi connectivity index (χ4n) is 3.49. The van der Waals surface area contributed by atoms with Crippen LogP contribution in [-0.4, -0.2) is 28.7 Å². The second-order valence-corrected chi connectivity index (χ2v) is 5.91. The van der Waals surface area contributed by atoms with Crippen LogP contribution in [-0.2, 0) is 17.7 Å². The topological polar surface area (TPSA) is 49.9 Å². The van der Waals surface area contributed by atoms with E-state index in [0.717, 1.165) is 36.4 Å². The zero-order valence-electron chi connectivity index (χ0n) is 10.2. The molecular formula is C13H17N3OS. The van der Waals surface area contributed by atoms with Crippen LogP contribution >= 0.6 is 12.2 Å². The average Bonchev–Trinajstić information content (AvgIpc) is 3.01. The molecule has 4 heterocycles. The van der Waals surface area contributed by atoms with Crippen LogP contribution in [0.2, 0.25) is 0 Å². The van der Waals surface area contributed by atoms with E-state index in [9.17, 15) is 0 Å². The summed E-state index contributed by atoms with van der Waals surface area (Å²) in [7, 11) is 0. The average molecular weight is 263 g/mol. The van der Waals surface area contributed by atoms with Gasteiger partial charge in [-0.3, -0.25) is 0 Å². The lowest BCUT2D eigenvalue weighted by atomic mass is 9.88. The van der Waals surface area contributed by atoms with E-state index in [1.807, 2.05) is 0 Å². The van der Waals surface area contributed by atoms with Gasteiger partial charge in [-0.05, 0) is 19.3 Å². The highest BCUT2D eigenvalue weighted by Crippen LogP contribution is 2.43. The molecule has 2 fully saturated rings. The summed E-state index contributed by atoms with van der Waals surface area (Å²) in [5, 5.41) is 3.35. The van der Waals surface area contributed by atoms with Crippen LogP contribution in [0.3, 0.4) is 0 Å². The number of ether oxygens (including phenoxy) is 1. The lowest BCUT2D eigenvalue weighted by Gasteiger charge is -2.22. The van der Waals surface area contributed by atoms with Crippen LogP contribution in [0.1, 0.15) is 42.3 Å². The summed E-state index contributed by atoms with van der Waals surface area (Å²) in [6.45, 7) is 1.88. The Morgan fingerprint density at radius 1 is 1.33 bits per heavy atom. The molecular weight excluding hydrogens is 246 g/mol. The number of hydrogen-bond acceptors (Lipinski definition) is 4. The summed E-state index contributed by atoms with van der Waals surface area (Å²) in [5.74, 6) is 1.50. The molecule has 2 bridgehead atoms. The summed E-state index contributed by atoms with van der Waals surface area (Å²) >= 11 is 5.44. The highest BCUT2D eigenvalue weighted by Gasteiger charge is 2.42. The molecule has 4 rings (SSSR count). The first-order valence-corrected chi connectivity index (χ1v) is 7.20. The van der Waals surface area contributed by atoms with Gasteiger partial charge in [-0.15, -0.1) is 0 Å². The van der Waals surface area contributed by atoms with E-state index in [1.165, 1.54) is 24.1 Å². The zero-order chi connectivity index (χ0) is 12.1. The smallest absolute Gasteiger partial charge is 0.134 e. The lowest BCUT2D eigenvalue weighted by Crippen LogP contribution is -2.27. The third kappa shape index (κ3) is 1.65. The van der Waals surface area contributed by atoms with Gasteiger partial charge >= 0.3 is 0 Å². The number of nitrogens with zero attached hydrogens (tertiary/aromatic N) is 1. The molecule has 96 valence electrons. The predicted octanol–water partition coefficient (Wildman–Crippen LogP) is 1.82. The molecule has 3 unspecified atom stereocenters. The molecule has 0 amide bonds. The van der Waals surface area contributed by atoms with Gasteiger partial charge in [-0.1, -0.05) is 12.2 Å². The van der Waals surface area contributed by atoms with Crippen molar-refractivity contribution in [1.82, 2.24) is 15.3 Å². The Balaban J connectivity index is 1.73. The Morgan fingerprint density at radius 3 is 3.06 bits per heavy atom. The van der Waals surface area contributed by atoms with E-state index in [2.05, 4.69) is 15.3 Å². The number of H-pyrrole nitrogens is 1. The van der Waals surface area contributed by atoms with Crippen LogP contribution in [0, 0.1) is 4.64 Å². The molecule has 3 aliphatic rings. The summed E-state index contributed by atoms with van der Waals surface area (Å²) in [4.78, 5) is 8.16. The van der Waals surface area contributed by atoms with Crippen molar-refractivity contribution < 1.29 is 4.74 Å². The Bertz CT molecular complexity index is 542. The van der Waals surface area contributed by atoms with E-state index in [-0.39, 0.29) is 0 Å². The van der Waals surface area contributed by atoms with E-state index in [1.54, 1.807) is 0 Å². The first-order valence-electron chi connectivity index (χ1n) is 6.79. The minimum Gasteiger partial charge on any atom is -0.374 e. The molecule has 3 atom stereocenters. The van der Waals surface area contributed by atoms with E-state index in [4.69, 9.17) is 17.0 Å². The monoisotopic (exact) mass is 263 g/mol.